The maximum Gasteiger partial charge on any atom is 0.284 e. The van der Waals surface area contributed by atoms with Crippen molar-refractivity contribution >= 4 is 22.4 Å². The van der Waals surface area contributed by atoms with E-state index in [-0.39, 0.29) is 11.7 Å². The van der Waals surface area contributed by atoms with Crippen molar-refractivity contribution in [2.75, 3.05) is 18.9 Å². The molecule has 0 aliphatic heterocycles. The molecule has 112 valence electrons. The van der Waals surface area contributed by atoms with Crippen molar-refractivity contribution in [2.45, 2.75) is 19.9 Å². The number of halogens is 1. The third-order valence-corrected chi connectivity index (χ3v) is 3.68. The minimum Gasteiger partial charge on any atom is -0.360 e. The maximum atomic E-state index is 12.8. The van der Waals surface area contributed by atoms with Gasteiger partial charge < -0.3 is 10.2 Å². The molecule has 0 aliphatic rings. The first-order valence-corrected chi connectivity index (χ1v) is 7.49. The van der Waals surface area contributed by atoms with Crippen molar-refractivity contribution in [2.24, 2.45) is 0 Å². The molecule has 0 aliphatic carbocycles. The van der Waals surface area contributed by atoms with Crippen molar-refractivity contribution < 1.29 is 9.18 Å². The summed E-state index contributed by atoms with van der Waals surface area (Å²) >= 11 is 1.24. The molecule has 1 aromatic carbocycles. The summed E-state index contributed by atoms with van der Waals surface area (Å²) in [5.41, 5.74) is 0.862. The summed E-state index contributed by atoms with van der Waals surface area (Å²) in [5.74, 6) is -0.482. The predicted molar refractivity (Wildman–Crippen MR) is 80.9 cm³/mol. The second kappa shape index (κ2) is 7.12. The summed E-state index contributed by atoms with van der Waals surface area (Å²) in [4.78, 5) is 13.8. The van der Waals surface area contributed by atoms with E-state index in [4.69, 9.17) is 0 Å². The van der Waals surface area contributed by atoms with E-state index in [9.17, 15) is 9.18 Å². The zero-order valence-corrected chi connectivity index (χ0v) is 12.8. The third kappa shape index (κ3) is 4.22. The highest BCUT2D eigenvalue weighted by atomic mass is 32.1. The number of nitrogens with one attached hydrogen (secondary N) is 1. The number of rotatable bonds is 6. The van der Waals surface area contributed by atoms with Gasteiger partial charge in [0.15, 0.2) is 0 Å². The smallest absolute Gasteiger partial charge is 0.284 e. The number of carbonyl (C=O) groups is 1. The molecule has 21 heavy (non-hydrogen) atoms. The first kappa shape index (κ1) is 15.4. The molecule has 0 unspecified atom stereocenters. The van der Waals surface area contributed by atoms with Crippen molar-refractivity contribution in [3.8, 4) is 0 Å². The normalized spacial score (nSPS) is 10.4. The highest BCUT2D eigenvalue weighted by Crippen LogP contribution is 2.17. The van der Waals surface area contributed by atoms with Gasteiger partial charge in [-0.05, 0) is 24.1 Å². The average Bonchev–Trinajstić information content (AvgIpc) is 2.95. The van der Waals surface area contributed by atoms with Gasteiger partial charge in [-0.25, -0.2) is 4.39 Å². The summed E-state index contributed by atoms with van der Waals surface area (Å²) in [6, 6.07) is 6.08. The molecule has 1 heterocycles. The van der Waals surface area contributed by atoms with Crippen molar-refractivity contribution in [3.63, 3.8) is 0 Å². The lowest BCUT2D eigenvalue weighted by Crippen LogP contribution is -2.26. The molecule has 1 aromatic heterocycles. The highest BCUT2D eigenvalue weighted by Gasteiger charge is 2.17. The Morgan fingerprint density at radius 2 is 2.05 bits per heavy atom. The zero-order chi connectivity index (χ0) is 15.2. The Morgan fingerprint density at radius 1 is 1.33 bits per heavy atom. The lowest BCUT2D eigenvalue weighted by molar-refractivity contribution is 0.0784. The van der Waals surface area contributed by atoms with E-state index in [1.54, 1.807) is 19.2 Å². The van der Waals surface area contributed by atoms with Gasteiger partial charge in [-0.2, -0.15) is 0 Å². The molecule has 2 rings (SSSR count). The maximum absolute atomic E-state index is 12.8. The lowest BCUT2D eigenvalue weighted by atomic mass is 10.2. The number of hydrogen-bond donors (Lipinski definition) is 1. The van der Waals surface area contributed by atoms with Gasteiger partial charge in [0.1, 0.15) is 5.82 Å². The summed E-state index contributed by atoms with van der Waals surface area (Å²) in [6.07, 6.45) is 0.979. The number of hydrogen-bond acceptors (Lipinski definition) is 5. The largest absolute Gasteiger partial charge is 0.360 e. The molecule has 0 atom stereocenters. The topological polar surface area (TPSA) is 58.1 Å². The Labute approximate surface area is 126 Å². The van der Waals surface area contributed by atoms with E-state index in [0.717, 1.165) is 18.5 Å². The predicted octanol–water partition coefficient (Wildman–Crippen LogP) is 2.77. The van der Waals surface area contributed by atoms with E-state index in [2.05, 4.69) is 22.4 Å². The van der Waals surface area contributed by atoms with E-state index in [1.165, 1.54) is 28.4 Å². The molecule has 0 fully saturated rings. The summed E-state index contributed by atoms with van der Waals surface area (Å²) in [6.45, 7) is 3.25. The van der Waals surface area contributed by atoms with Crippen molar-refractivity contribution in [1.82, 2.24) is 15.1 Å². The number of amides is 1. The number of benzene rings is 1. The molecular weight excluding hydrogens is 291 g/mol. The number of nitrogens with zero attached hydrogens (tertiary/aromatic N) is 3. The average molecular weight is 308 g/mol. The van der Waals surface area contributed by atoms with Gasteiger partial charge in [0.25, 0.3) is 5.91 Å². The minimum atomic E-state index is -0.288. The van der Waals surface area contributed by atoms with Crippen LogP contribution in [0.25, 0.3) is 0 Å². The van der Waals surface area contributed by atoms with E-state index in [0.29, 0.717) is 16.7 Å². The van der Waals surface area contributed by atoms with Gasteiger partial charge >= 0.3 is 0 Å². The van der Waals surface area contributed by atoms with Crippen LogP contribution in [-0.4, -0.2) is 34.6 Å². The summed E-state index contributed by atoms with van der Waals surface area (Å²) < 4.78 is 12.8. The van der Waals surface area contributed by atoms with Crippen LogP contribution in [0.3, 0.4) is 0 Å². The first-order valence-electron chi connectivity index (χ1n) is 6.67. The number of carbonyl (C=O) groups excluding carboxylic acids is 1. The van der Waals surface area contributed by atoms with Crippen LogP contribution in [0.4, 0.5) is 9.52 Å². The summed E-state index contributed by atoms with van der Waals surface area (Å²) in [7, 11) is 1.69. The Hall–Kier alpha value is -2.02. The van der Waals surface area contributed by atoms with E-state index >= 15 is 0 Å². The molecule has 5 nitrogen and oxygen atoms in total. The second-order valence-corrected chi connectivity index (χ2v) is 5.60. The van der Waals surface area contributed by atoms with Crippen LogP contribution in [-0.2, 0) is 6.54 Å². The fraction of sp³-hybridized carbons (Fsp3) is 0.357. The SMILES string of the molecule is CCCNc1nnc(C(=O)N(C)Cc2ccc(F)cc2)s1. The first-order chi connectivity index (χ1) is 10.1. The monoisotopic (exact) mass is 308 g/mol. The van der Waals surface area contributed by atoms with Gasteiger partial charge in [-0.15, -0.1) is 10.2 Å². The van der Waals surface area contributed by atoms with Gasteiger partial charge in [-0.1, -0.05) is 30.4 Å². The third-order valence-electron chi connectivity index (χ3n) is 2.81. The summed E-state index contributed by atoms with van der Waals surface area (Å²) in [5, 5.41) is 11.9. The van der Waals surface area contributed by atoms with E-state index in [1.807, 2.05) is 0 Å². The van der Waals surface area contributed by atoms with Crippen LogP contribution >= 0.6 is 11.3 Å². The molecule has 1 amide bonds. The molecule has 0 saturated carbocycles. The molecule has 0 spiro atoms. The van der Waals surface area contributed by atoms with Crippen LogP contribution in [0, 0.1) is 5.82 Å². The Morgan fingerprint density at radius 3 is 2.71 bits per heavy atom. The lowest BCUT2D eigenvalue weighted by Gasteiger charge is -2.15. The quantitative estimate of drug-likeness (QED) is 0.891. The van der Waals surface area contributed by atoms with Gasteiger partial charge in [0.2, 0.25) is 10.1 Å². The molecule has 2 aromatic rings. The fourth-order valence-electron chi connectivity index (χ4n) is 1.71. The molecule has 1 N–H and O–H groups in total. The molecule has 0 radical (unpaired) electrons. The van der Waals surface area contributed by atoms with E-state index < -0.39 is 0 Å². The fourth-order valence-corrected chi connectivity index (χ4v) is 2.48. The second-order valence-electron chi connectivity index (χ2n) is 4.63. The Bertz CT molecular complexity index is 599. The number of anilines is 1. The standard InChI is InChI=1S/C14H17FN4OS/c1-3-8-16-14-18-17-12(21-14)13(20)19(2)9-10-4-6-11(15)7-5-10/h4-7H,3,8-9H2,1-2H3,(H,16,18). The van der Waals surface area contributed by atoms with Crippen LogP contribution in [0.2, 0.25) is 0 Å². The van der Waals surface area contributed by atoms with Crippen molar-refractivity contribution in [3.05, 3.63) is 40.7 Å². The van der Waals surface area contributed by atoms with Crippen LogP contribution in [0.1, 0.15) is 28.7 Å². The van der Waals surface area contributed by atoms with Gasteiger partial charge in [-0.3, -0.25) is 4.79 Å². The van der Waals surface area contributed by atoms with Crippen LogP contribution in [0.5, 0.6) is 0 Å². The molecule has 0 saturated heterocycles. The molecular formula is C14H17FN4OS. The Kier molecular flexibility index (Phi) is 5.21. The van der Waals surface area contributed by atoms with Crippen LogP contribution in [0.15, 0.2) is 24.3 Å². The number of aromatic nitrogens is 2. The van der Waals surface area contributed by atoms with Gasteiger partial charge in [0, 0.05) is 20.1 Å². The molecule has 0 bridgehead atoms. The van der Waals surface area contributed by atoms with Crippen LogP contribution < -0.4 is 5.32 Å². The minimum absolute atomic E-state index is 0.193. The van der Waals surface area contributed by atoms with Crippen molar-refractivity contribution in [1.29, 1.82) is 0 Å². The highest BCUT2D eigenvalue weighted by molar-refractivity contribution is 7.17. The molecule has 7 heteroatoms. The zero-order valence-electron chi connectivity index (χ0n) is 12.0. The van der Waals surface area contributed by atoms with Gasteiger partial charge in [0.05, 0.1) is 0 Å². The Balaban J connectivity index is 1.98.